The van der Waals surface area contributed by atoms with Crippen molar-refractivity contribution in [2.45, 2.75) is 58.2 Å². The van der Waals surface area contributed by atoms with Crippen molar-refractivity contribution in [2.24, 2.45) is 5.92 Å². The van der Waals surface area contributed by atoms with Crippen LogP contribution < -0.4 is 0 Å². The van der Waals surface area contributed by atoms with Gasteiger partial charge in [-0.15, -0.1) is 0 Å². The number of hydrogen-bond acceptors (Lipinski definition) is 5. The summed E-state index contributed by atoms with van der Waals surface area (Å²) >= 11 is 0. The van der Waals surface area contributed by atoms with Gasteiger partial charge in [-0.25, -0.2) is 0 Å². The zero-order valence-electron chi connectivity index (χ0n) is 10.1. The van der Waals surface area contributed by atoms with Crippen LogP contribution in [0.15, 0.2) is 0 Å². The molecule has 0 unspecified atom stereocenters. The predicted octanol–water partition coefficient (Wildman–Crippen LogP) is 0.432. The van der Waals surface area contributed by atoms with Gasteiger partial charge in [0.05, 0.1) is 5.92 Å². The van der Waals surface area contributed by atoms with Gasteiger partial charge in [-0.2, -0.15) is 0 Å². The first kappa shape index (κ1) is 13.4. The molecule has 3 atom stereocenters. The Morgan fingerprint density at radius 1 is 1.44 bits per heavy atom. The van der Waals surface area contributed by atoms with Gasteiger partial charge in [0.2, 0.25) is 0 Å². The highest BCUT2D eigenvalue weighted by Crippen LogP contribution is 2.30. The van der Waals surface area contributed by atoms with Crippen molar-refractivity contribution in [1.29, 1.82) is 0 Å². The van der Waals surface area contributed by atoms with Gasteiger partial charge < -0.3 is 19.7 Å². The van der Waals surface area contributed by atoms with Gasteiger partial charge in [0.15, 0.2) is 6.29 Å². The summed E-state index contributed by atoms with van der Waals surface area (Å²) in [5, 5.41) is 18.8. The summed E-state index contributed by atoms with van der Waals surface area (Å²) in [6, 6.07) is 0. The molecule has 2 N–H and O–H groups in total. The van der Waals surface area contributed by atoms with Crippen molar-refractivity contribution in [1.82, 2.24) is 0 Å². The number of hydrogen-bond donors (Lipinski definition) is 2. The second-order valence-corrected chi connectivity index (χ2v) is 5.00. The smallest absolute Gasteiger partial charge is 0.308 e. The molecule has 0 aromatic heterocycles. The van der Waals surface area contributed by atoms with Gasteiger partial charge in [-0.05, 0) is 13.8 Å². The molecule has 0 aromatic carbocycles. The Labute approximate surface area is 95.4 Å². The lowest BCUT2D eigenvalue weighted by atomic mass is 9.92. The lowest BCUT2D eigenvalue weighted by Crippen LogP contribution is -2.54. The van der Waals surface area contributed by atoms with Gasteiger partial charge in [0, 0.05) is 6.42 Å². The zero-order valence-corrected chi connectivity index (χ0v) is 10.1. The molecule has 5 nitrogen and oxygen atoms in total. The van der Waals surface area contributed by atoms with E-state index in [4.69, 9.17) is 9.47 Å². The molecule has 0 spiro atoms. The molecule has 1 rings (SSSR count). The molecule has 1 saturated heterocycles. The second kappa shape index (κ2) is 4.69. The monoisotopic (exact) mass is 232 g/mol. The maximum Gasteiger partial charge on any atom is 0.308 e. The van der Waals surface area contributed by atoms with E-state index in [9.17, 15) is 15.0 Å². The van der Waals surface area contributed by atoms with E-state index in [2.05, 4.69) is 0 Å². The number of rotatable bonds is 2. The van der Waals surface area contributed by atoms with Crippen molar-refractivity contribution in [3.05, 3.63) is 0 Å². The van der Waals surface area contributed by atoms with Crippen molar-refractivity contribution in [2.75, 3.05) is 0 Å². The molecule has 0 radical (unpaired) electrons. The molecule has 1 aliphatic heterocycles. The lowest BCUT2D eigenvalue weighted by molar-refractivity contribution is -0.281. The predicted molar refractivity (Wildman–Crippen MR) is 56.5 cm³/mol. The second-order valence-electron chi connectivity index (χ2n) is 5.00. The van der Waals surface area contributed by atoms with Crippen LogP contribution in [0.3, 0.4) is 0 Å². The summed E-state index contributed by atoms with van der Waals surface area (Å²) in [6.45, 7) is 6.93. The molecular weight excluding hydrogens is 212 g/mol. The van der Waals surface area contributed by atoms with Crippen molar-refractivity contribution < 1.29 is 24.5 Å². The van der Waals surface area contributed by atoms with Crippen molar-refractivity contribution >= 4 is 5.97 Å². The Hall–Kier alpha value is -0.650. The quantitative estimate of drug-likeness (QED) is 0.675. The molecule has 16 heavy (non-hydrogen) atoms. The lowest BCUT2D eigenvalue weighted by Gasteiger charge is -2.42. The molecule has 1 heterocycles. The van der Waals surface area contributed by atoms with Crippen LogP contribution in [0.1, 0.15) is 34.1 Å². The first-order valence-corrected chi connectivity index (χ1v) is 5.48. The van der Waals surface area contributed by atoms with Crippen LogP contribution in [0.5, 0.6) is 0 Å². The largest absolute Gasteiger partial charge is 0.459 e. The summed E-state index contributed by atoms with van der Waals surface area (Å²) in [6.07, 6.45) is -2.59. The highest BCUT2D eigenvalue weighted by molar-refractivity contribution is 5.71. The highest BCUT2D eigenvalue weighted by Gasteiger charge is 2.44. The third-order valence-corrected chi connectivity index (χ3v) is 2.71. The van der Waals surface area contributed by atoms with Crippen LogP contribution in [-0.2, 0) is 14.3 Å². The zero-order chi connectivity index (χ0) is 12.5. The fourth-order valence-corrected chi connectivity index (χ4v) is 1.55. The molecule has 1 fully saturated rings. The molecule has 0 aromatic rings. The molecule has 0 saturated carbocycles. The Balaban J connectivity index is 2.68. The average molecular weight is 232 g/mol. The SMILES string of the molecule is CC(C)C(=O)O[C@H]1C[C@H](O)[C@H](O)OC1(C)C. The third-order valence-electron chi connectivity index (χ3n) is 2.71. The van der Waals surface area contributed by atoms with Gasteiger partial charge >= 0.3 is 5.97 Å². The topological polar surface area (TPSA) is 76.0 Å². The van der Waals surface area contributed by atoms with Crippen LogP contribution in [0.2, 0.25) is 0 Å². The maximum atomic E-state index is 11.5. The fraction of sp³-hybridized carbons (Fsp3) is 0.909. The number of aliphatic hydroxyl groups is 2. The first-order chi connectivity index (χ1) is 7.24. The summed E-state index contributed by atoms with van der Waals surface area (Å²) < 4.78 is 10.5. The molecular formula is C11H20O5. The van der Waals surface area contributed by atoms with Crippen LogP contribution in [0.4, 0.5) is 0 Å². The van der Waals surface area contributed by atoms with E-state index in [0.29, 0.717) is 0 Å². The standard InChI is InChI=1S/C11H20O5/c1-6(2)9(13)15-8-5-7(12)10(14)16-11(8,3)4/h6-8,10,12,14H,5H2,1-4H3/t7-,8-,10+/m0/s1. The number of esters is 1. The molecule has 94 valence electrons. The number of carbonyl (C=O) groups is 1. The summed E-state index contributed by atoms with van der Waals surface area (Å²) in [5.74, 6) is -0.551. The fourth-order valence-electron chi connectivity index (χ4n) is 1.55. The molecule has 0 amide bonds. The van der Waals surface area contributed by atoms with E-state index >= 15 is 0 Å². The number of aliphatic hydroxyl groups excluding tert-OH is 2. The van der Waals surface area contributed by atoms with Gasteiger partial charge in [0.1, 0.15) is 17.8 Å². The van der Waals surface area contributed by atoms with Crippen LogP contribution in [0.25, 0.3) is 0 Å². The van der Waals surface area contributed by atoms with E-state index in [0.717, 1.165) is 0 Å². The number of ether oxygens (including phenoxy) is 2. The Morgan fingerprint density at radius 2 is 2.00 bits per heavy atom. The van der Waals surface area contributed by atoms with E-state index in [1.807, 2.05) is 0 Å². The van der Waals surface area contributed by atoms with Gasteiger partial charge in [-0.1, -0.05) is 13.8 Å². The average Bonchev–Trinajstić information content (AvgIpc) is 2.13. The third kappa shape index (κ3) is 2.93. The van der Waals surface area contributed by atoms with Gasteiger partial charge in [-0.3, -0.25) is 4.79 Å². The Kier molecular flexibility index (Phi) is 3.93. The normalized spacial score (nSPS) is 33.8. The molecule has 0 aliphatic carbocycles. The van der Waals surface area contributed by atoms with Crippen molar-refractivity contribution in [3.63, 3.8) is 0 Å². The summed E-state index contributed by atoms with van der Waals surface area (Å²) in [7, 11) is 0. The molecule has 1 aliphatic rings. The first-order valence-electron chi connectivity index (χ1n) is 5.48. The Morgan fingerprint density at radius 3 is 2.50 bits per heavy atom. The minimum absolute atomic E-state index is 0.187. The minimum atomic E-state index is -1.22. The van der Waals surface area contributed by atoms with Crippen LogP contribution >= 0.6 is 0 Å². The van der Waals surface area contributed by atoms with Crippen LogP contribution in [0, 0.1) is 5.92 Å². The van der Waals surface area contributed by atoms with Crippen molar-refractivity contribution in [3.8, 4) is 0 Å². The van der Waals surface area contributed by atoms with E-state index in [1.54, 1.807) is 27.7 Å². The maximum absolute atomic E-state index is 11.5. The van der Waals surface area contributed by atoms with E-state index in [1.165, 1.54) is 0 Å². The minimum Gasteiger partial charge on any atom is -0.459 e. The highest BCUT2D eigenvalue weighted by atomic mass is 16.7. The van der Waals surface area contributed by atoms with Crippen LogP contribution in [-0.4, -0.2) is 40.3 Å². The summed E-state index contributed by atoms with van der Waals surface area (Å²) in [4.78, 5) is 11.5. The molecule has 5 heteroatoms. The molecule has 0 bridgehead atoms. The van der Waals surface area contributed by atoms with Gasteiger partial charge in [0.25, 0.3) is 0 Å². The van der Waals surface area contributed by atoms with E-state index < -0.39 is 24.1 Å². The van der Waals surface area contributed by atoms with E-state index in [-0.39, 0.29) is 18.3 Å². The summed E-state index contributed by atoms with van der Waals surface area (Å²) in [5.41, 5.74) is -0.788. The number of carbonyl (C=O) groups excluding carboxylic acids is 1. The Bertz CT molecular complexity index is 261.